The van der Waals surface area contributed by atoms with Gasteiger partial charge in [0.15, 0.2) is 10.8 Å². The molecule has 13 nitrogen and oxygen atoms in total. The molecular weight excluding hydrogens is 691 g/mol. The first-order chi connectivity index (χ1) is 23.0. The number of aromatic nitrogens is 4. The van der Waals surface area contributed by atoms with Gasteiger partial charge < -0.3 is 20.1 Å². The summed E-state index contributed by atoms with van der Waals surface area (Å²) in [7, 11) is -4.35. The van der Waals surface area contributed by atoms with E-state index in [1.54, 1.807) is 0 Å². The van der Waals surface area contributed by atoms with Gasteiger partial charge in [-0.05, 0) is 82.1 Å². The maximum atomic E-state index is 12.9. The van der Waals surface area contributed by atoms with E-state index < -0.39 is 40.0 Å². The number of likely N-dealkylation sites (tertiary alicyclic amines) is 1. The number of carbonyl (C=O) groups excluding carboxylic acids is 1. The van der Waals surface area contributed by atoms with Crippen molar-refractivity contribution in [3.8, 4) is 11.7 Å². The number of alkyl halides is 3. The van der Waals surface area contributed by atoms with Gasteiger partial charge in [-0.15, -0.1) is 5.10 Å². The monoisotopic (exact) mass is 727 g/mol. The number of halogens is 4. The Bertz CT molecular complexity index is 1770. The van der Waals surface area contributed by atoms with E-state index >= 15 is 0 Å². The molecular formula is C31H37ClF3N7O6S. The molecule has 1 saturated heterocycles. The number of amides is 2. The Hall–Kier alpha value is -4.12. The van der Waals surface area contributed by atoms with Crippen LogP contribution in [0.15, 0.2) is 47.8 Å². The molecule has 2 aliphatic rings. The van der Waals surface area contributed by atoms with Gasteiger partial charge >= 0.3 is 12.3 Å². The average molecular weight is 728 g/mol. The highest BCUT2D eigenvalue weighted by atomic mass is 35.5. The normalized spacial score (nSPS) is 20.2. The first kappa shape index (κ1) is 36.2. The van der Waals surface area contributed by atoms with Crippen molar-refractivity contribution in [2.45, 2.75) is 69.1 Å². The third-order valence-corrected chi connectivity index (χ3v) is 10.3. The van der Waals surface area contributed by atoms with Gasteiger partial charge in [-0.3, -0.25) is 4.79 Å². The molecule has 0 bridgehead atoms. The highest BCUT2D eigenvalue weighted by Crippen LogP contribution is 2.51. The number of pyridine rings is 2. The van der Waals surface area contributed by atoms with E-state index in [4.69, 9.17) is 16.3 Å². The summed E-state index contributed by atoms with van der Waals surface area (Å²) in [6.07, 6.45) is 1.58. The molecule has 1 saturated carbocycles. The lowest BCUT2D eigenvalue weighted by Crippen LogP contribution is -2.41. The quantitative estimate of drug-likeness (QED) is 0.137. The smallest absolute Gasteiger partial charge is 0.407 e. The number of anilines is 1. The molecule has 18 heteroatoms. The van der Waals surface area contributed by atoms with E-state index in [2.05, 4.69) is 20.4 Å². The van der Waals surface area contributed by atoms with Gasteiger partial charge in [-0.2, -0.15) is 21.6 Å². The highest BCUT2D eigenvalue weighted by molar-refractivity contribution is 7.90. The summed E-state index contributed by atoms with van der Waals surface area (Å²) in [4.78, 5) is 33.9. The topological polar surface area (TPSA) is 169 Å². The van der Waals surface area contributed by atoms with E-state index in [9.17, 15) is 36.3 Å². The van der Waals surface area contributed by atoms with Crippen LogP contribution in [-0.2, 0) is 10.0 Å². The minimum absolute atomic E-state index is 0.0707. The summed E-state index contributed by atoms with van der Waals surface area (Å²) >= 11 is 6.21. The third kappa shape index (κ3) is 9.12. The lowest BCUT2D eigenvalue weighted by atomic mass is 9.93. The summed E-state index contributed by atoms with van der Waals surface area (Å²) in [5.41, 5.74) is 0.0172. The van der Waals surface area contributed by atoms with Crippen LogP contribution < -0.4 is 14.8 Å². The minimum Gasteiger partial charge on any atom is -0.477 e. The van der Waals surface area contributed by atoms with Crippen LogP contribution >= 0.6 is 11.6 Å². The SMILES string of the molecule is CC1(C)CC(CCCCNc2ccc(S(=O)(=O)NC(=O)c3ccc(-n4ccc(OCCC5CC5C(F)(F)F)n4)nc3Cl)nc2)CN1C(=O)O. The predicted molar refractivity (Wildman–Crippen MR) is 172 cm³/mol. The molecule has 49 heavy (non-hydrogen) atoms. The van der Waals surface area contributed by atoms with Crippen molar-refractivity contribution < 1.29 is 41.0 Å². The number of nitrogens with one attached hydrogen (secondary N) is 2. The second-order valence-corrected chi connectivity index (χ2v) is 14.9. The van der Waals surface area contributed by atoms with Gasteiger partial charge in [-0.25, -0.2) is 24.2 Å². The fraction of sp³-hybridized carbons (Fsp3) is 0.516. The maximum Gasteiger partial charge on any atom is 0.407 e. The maximum absolute atomic E-state index is 12.9. The van der Waals surface area contributed by atoms with Crippen molar-refractivity contribution in [1.29, 1.82) is 0 Å². The summed E-state index contributed by atoms with van der Waals surface area (Å²) in [5.74, 6) is -2.07. The molecule has 3 atom stereocenters. The van der Waals surface area contributed by atoms with E-state index in [1.165, 1.54) is 52.3 Å². The molecule has 3 aromatic heterocycles. The zero-order valence-corrected chi connectivity index (χ0v) is 28.4. The third-order valence-electron chi connectivity index (χ3n) is 8.76. The first-order valence-corrected chi connectivity index (χ1v) is 17.6. The first-order valence-electron chi connectivity index (χ1n) is 15.7. The van der Waals surface area contributed by atoms with Gasteiger partial charge in [0.25, 0.3) is 15.9 Å². The molecule has 1 aliphatic heterocycles. The Morgan fingerprint density at radius 1 is 1.14 bits per heavy atom. The number of nitrogens with zero attached hydrogens (tertiary/aromatic N) is 5. The van der Waals surface area contributed by atoms with Crippen molar-refractivity contribution in [3.05, 3.63) is 53.4 Å². The highest BCUT2D eigenvalue weighted by Gasteiger charge is 2.55. The molecule has 3 N–H and O–H groups in total. The van der Waals surface area contributed by atoms with Gasteiger partial charge in [0.1, 0.15) is 5.15 Å². The second kappa shape index (κ2) is 14.4. The lowest BCUT2D eigenvalue weighted by molar-refractivity contribution is -0.151. The van der Waals surface area contributed by atoms with E-state index in [0.29, 0.717) is 24.7 Å². The number of carbonyl (C=O) groups is 2. The van der Waals surface area contributed by atoms with Crippen molar-refractivity contribution >= 4 is 39.3 Å². The number of sulfonamides is 1. The van der Waals surface area contributed by atoms with Crippen LogP contribution in [0.5, 0.6) is 5.88 Å². The van der Waals surface area contributed by atoms with E-state index in [-0.39, 0.29) is 52.4 Å². The largest absolute Gasteiger partial charge is 0.477 e. The van der Waals surface area contributed by atoms with Gasteiger partial charge in [0.05, 0.1) is 30.0 Å². The van der Waals surface area contributed by atoms with Crippen LogP contribution in [0.2, 0.25) is 5.15 Å². The fourth-order valence-corrected chi connectivity index (χ4v) is 7.23. The van der Waals surface area contributed by atoms with Crippen molar-refractivity contribution in [2.75, 3.05) is 25.0 Å². The molecule has 0 spiro atoms. The molecule has 3 unspecified atom stereocenters. The minimum atomic E-state index is -4.35. The Balaban J connectivity index is 1.07. The zero-order valence-electron chi connectivity index (χ0n) is 26.8. The van der Waals surface area contributed by atoms with Crippen LogP contribution in [0.1, 0.15) is 62.7 Å². The summed E-state index contributed by atoms with van der Waals surface area (Å²) in [6, 6.07) is 6.96. The number of hydrogen-bond donors (Lipinski definition) is 3. The number of ether oxygens (including phenoxy) is 1. The Labute approximate surface area is 286 Å². The molecule has 4 heterocycles. The van der Waals surface area contributed by atoms with Crippen LogP contribution in [0.4, 0.5) is 23.7 Å². The van der Waals surface area contributed by atoms with Gasteiger partial charge in [-0.1, -0.05) is 18.0 Å². The fourth-order valence-electron chi connectivity index (χ4n) is 6.10. The molecule has 2 amide bonds. The Morgan fingerprint density at radius 3 is 2.55 bits per heavy atom. The van der Waals surface area contributed by atoms with Crippen LogP contribution in [0.3, 0.4) is 0 Å². The standard InChI is InChI=1S/C31H37ClF3N7O6S/c1-30(2)16-19(18-41(30)29(44)45)5-3-4-12-36-21-6-9-26(37-17-21)49(46,47)40-28(43)22-7-8-24(38-27(22)32)42-13-10-25(39-42)48-14-11-20-15-23(20)31(33,34)35/h6-10,13,17,19-20,23,36H,3-5,11-12,14-16,18H2,1-2H3,(H,40,43)(H,44,45). The average Bonchev–Trinajstić information content (AvgIpc) is 3.54. The van der Waals surface area contributed by atoms with Crippen molar-refractivity contribution in [2.24, 2.45) is 17.8 Å². The van der Waals surface area contributed by atoms with Crippen molar-refractivity contribution in [3.63, 3.8) is 0 Å². The Kier molecular flexibility index (Phi) is 10.6. The molecule has 0 aromatic carbocycles. The molecule has 5 rings (SSSR count). The zero-order chi connectivity index (χ0) is 35.6. The van der Waals surface area contributed by atoms with Crippen LogP contribution in [-0.4, -0.2) is 81.6 Å². The number of unbranched alkanes of at least 4 members (excludes halogenated alkanes) is 1. The van der Waals surface area contributed by atoms with E-state index in [1.807, 2.05) is 18.6 Å². The molecule has 0 radical (unpaired) electrons. The summed E-state index contributed by atoms with van der Waals surface area (Å²) in [6.45, 7) is 5.10. The number of rotatable bonds is 14. The van der Waals surface area contributed by atoms with Crippen molar-refractivity contribution in [1.82, 2.24) is 29.4 Å². The molecule has 3 aromatic rings. The van der Waals surface area contributed by atoms with Gasteiger partial charge in [0.2, 0.25) is 5.88 Å². The number of carboxylic acid groups (broad SMARTS) is 1. The molecule has 2 fully saturated rings. The summed E-state index contributed by atoms with van der Waals surface area (Å²) in [5, 5.41) is 16.1. The van der Waals surface area contributed by atoms with Crippen LogP contribution in [0.25, 0.3) is 5.82 Å². The number of hydrogen-bond acceptors (Lipinski definition) is 9. The summed E-state index contributed by atoms with van der Waals surface area (Å²) < 4.78 is 72.5. The predicted octanol–water partition coefficient (Wildman–Crippen LogP) is 5.76. The second-order valence-electron chi connectivity index (χ2n) is 12.9. The Morgan fingerprint density at radius 2 is 1.92 bits per heavy atom. The van der Waals surface area contributed by atoms with E-state index in [0.717, 1.165) is 25.7 Å². The lowest BCUT2D eigenvalue weighted by Gasteiger charge is -2.28. The molecule has 266 valence electrons. The van der Waals surface area contributed by atoms with Gasteiger partial charge in [0, 0.05) is 30.9 Å². The molecule has 1 aliphatic carbocycles. The van der Waals surface area contributed by atoms with Crippen LogP contribution in [0, 0.1) is 17.8 Å².